The smallest absolute Gasteiger partial charge is 0.226 e. The minimum absolute atomic E-state index is 0.0426. The third-order valence-electron chi connectivity index (χ3n) is 4.08. The second-order valence-electron chi connectivity index (χ2n) is 5.75. The SMILES string of the molecule is CC(Nc1nc(Cl)nc2c1cnn2C)c1ccc(-n2cccn2)cc1. The lowest BCUT2D eigenvalue weighted by atomic mass is 10.1. The highest BCUT2D eigenvalue weighted by Crippen LogP contribution is 2.26. The van der Waals surface area contributed by atoms with Crippen molar-refractivity contribution in [2.75, 3.05) is 5.32 Å². The summed E-state index contributed by atoms with van der Waals surface area (Å²) < 4.78 is 3.50. The van der Waals surface area contributed by atoms with Gasteiger partial charge in [0.05, 0.1) is 17.3 Å². The first-order valence-corrected chi connectivity index (χ1v) is 8.21. The Bertz CT molecular complexity index is 1010. The predicted octanol–water partition coefficient (Wildman–Crippen LogP) is 3.38. The summed E-state index contributed by atoms with van der Waals surface area (Å²) in [6, 6.07) is 10.1. The van der Waals surface area contributed by atoms with Gasteiger partial charge in [-0.2, -0.15) is 20.2 Å². The van der Waals surface area contributed by atoms with Crippen LogP contribution in [0.1, 0.15) is 18.5 Å². The van der Waals surface area contributed by atoms with E-state index in [2.05, 4.69) is 44.5 Å². The van der Waals surface area contributed by atoms with E-state index in [0.29, 0.717) is 11.5 Å². The first-order valence-electron chi connectivity index (χ1n) is 7.83. The van der Waals surface area contributed by atoms with Gasteiger partial charge in [0.15, 0.2) is 5.65 Å². The molecule has 126 valence electrons. The molecule has 0 amide bonds. The number of hydrogen-bond acceptors (Lipinski definition) is 5. The van der Waals surface area contributed by atoms with Gasteiger partial charge in [0.2, 0.25) is 5.28 Å². The summed E-state index contributed by atoms with van der Waals surface area (Å²) in [4.78, 5) is 8.54. The minimum Gasteiger partial charge on any atom is -0.363 e. The van der Waals surface area contributed by atoms with E-state index >= 15 is 0 Å². The zero-order valence-corrected chi connectivity index (χ0v) is 14.5. The summed E-state index contributed by atoms with van der Waals surface area (Å²) in [5.74, 6) is 0.673. The molecule has 4 aromatic rings. The standard InChI is InChI=1S/C17H16ClN7/c1-11(12-4-6-13(7-5-12)25-9-3-8-19-25)21-15-14-10-20-24(2)16(14)23-17(18)22-15/h3-11H,1-2H3,(H,21,22,23). The molecule has 1 atom stereocenters. The van der Waals surface area contributed by atoms with Crippen molar-refractivity contribution in [3.63, 3.8) is 0 Å². The second-order valence-corrected chi connectivity index (χ2v) is 6.09. The van der Waals surface area contributed by atoms with E-state index in [1.807, 2.05) is 36.1 Å². The first kappa shape index (κ1) is 15.6. The van der Waals surface area contributed by atoms with E-state index in [4.69, 9.17) is 11.6 Å². The second kappa shape index (κ2) is 6.18. The molecule has 0 radical (unpaired) electrons. The summed E-state index contributed by atoms with van der Waals surface area (Å²) in [5, 5.41) is 12.9. The number of aryl methyl sites for hydroxylation is 1. The normalized spacial score (nSPS) is 12.4. The van der Waals surface area contributed by atoms with E-state index in [9.17, 15) is 0 Å². The molecule has 0 fully saturated rings. The van der Waals surface area contributed by atoms with Crippen LogP contribution in [0.5, 0.6) is 0 Å². The monoisotopic (exact) mass is 353 g/mol. The number of hydrogen-bond donors (Lipinski definition) is 1. The minimum atomic E-state index is 0.0426. The fourth-order valence-corrected chi connectivity index (χ4v) is 2.90. The Morgan fingerprint density at radius 1 is 1.12 bits per heavy atom. The molecule has 7 nitrogen and oxygen atoms in total. The van der Waals surface area contributed by atoms with Gasteiger partial charge in [-0.05, 0) is 42.3 Å². The van der Waals surface area contributed by atoms with Crippen molar-refractivity contribution in [2.24, 2.45) is 7.05 Å². The maximum absolute atomic E-state index is 6.05. The average molecular weight is 354 g/mol. The molecule has 25 heavy (non-hydrogen) atoms. The third-order valence-corrected chi connectivity index (χ3v) is 4.25. The molecule has 1 unspecified atom stereocenters. The molecule has 3 heterocycles. The van der Waals surface area contributed by atoms with Crippen LogP contribution in [0.25, 0.3) is 16.7 Å². The average Bonchev–Trinajstić information content (AvgIpc) is 3.26. The Balaban J connectivity index is 1.61. The van der Waals surface area contributed by atoms with E-state index in [-0.39, 0.29) is 11.3 Å². The van der Waals surface area contributed by atoms with Crippen molar-refractivity contribution in [1.82, 2.24) is 29.5 Å². The van der Waals surface area contributed by atoms with Crippen LogP contribution in [0, 0.1) is 0 Å². The van der Waals surface area contributed by atoms with Gasteiger partial charge in [-0.1, -0.05) is 12.1 Å². The van der Waals surface area contributed by atoms with Crippen LogP contribution in [0.4, 0.5) is 5.82 Å². The number of aromatic nitrogens is 6. The highest BCUT2D eigenvalue weighted by Gasteiger charge is 2.14. The quantitative estimate of drug-likeness (QED) is 0.569. The van der Waals surface area contributed by atoms with Crippen LogP contribution >= 0.6 is 11.6 Å². The summed E-state index contributed by atoms with van der Waals surface area (Å²) in [6.45, 7) is 2.07. The van der Waals surface area contributed by atoms with Crippen molar-refractivity contribution in [2.45, 2.75) is 13.0 Å². The third kappa shape index (κ3) is 2.94. The van der Waals surface area contributed by atoms with Gasteiger partial charge in [0.25, 0.3) is 0 Å². The molecule has 8 heteroatoms. The lowest BCUT2D eigenvalue weighted by Crippen LogP contribution is -2.09. The first-order chi connectivity index (χ1) is 12.1. The lowest BCUT2D eigenvalue weighted by molar-refractivity contribution is 0.785. The van der Waals surface area contributed by atoms with E-state index in [1.165, 1.54) is 0 Å². The van der Waals surface area contributed by atoms with Crippen molar-refractivity contribution < 1.29 is 0 Å². The molecular weight excluding hydrogens is 338 g/mol. The summed E-state index contributed by atoms with van der Waals surface area (Å²) in [6.07, 6.45) is 5.41. The summed E-state index contributed by atoms with van der Waals surface area (Å²) in [5.41, 5.74) is 2.84. The van der Waals surface area contributed by atoms with Gasteiger partial charge in [-0.25, -0.2) is 4.68 Å². The molecule has 0 aliphatic heterocycles. The Kier molecular flexibility index (Phi) is 3.85. The van der Waals surface area contributed by atoms with Crippen LogP contribution in [0.15, 0.2) is 48.9 Å². The van der Waals surface area contributed by atoms with Gasteiger partial charge in [0.1, 0.15) is 5.82 Å². The number of halogens is 1. The van der Waals surface area contributed by atoms with Crippen LogP contribution in [-0.4, -0.2) is 29.5 Å². The molecule has 1 N–H and O–H groups in total. The maximum atomic E-state index is 6.05. The highest BCUT2D eigenvalue weighted by molar-refractivity contribution is 6.28. The van der Waals surface area contributed by atoms with E-state index < -0.39 is 0 Å². The van der Waals surface area contributed by atoms with Gasteiger partial charge in [-0.3, -0.25) is 4.68 Å². The summed E-state index contributed by atoms with van der Waals surface area (Å²) in [7, 11) is 1.83. The van der Waals surface area contributed by atoms with Gasteiger partial charge < -0.3 is 5.32 Å². The Morgan fingerprint density at radius 2 is 1.92 bits per heavy atom. The number of fused-ring (bicyclic) bond motifs is 1. The maximum Gasteiger partial charge on any atom is 0.226 e. The molecule has 4 rings (SSSR count). The molecule has 0 spiro atoms. The van der Waals surface area contributed by atoms with Crippen molar-refractivity contribution >= 4 is 28.5 Å². The number of anilines is 1. The van der Waals surface area contributed by atoms with Crippen molar-refractivity contribution in [1.29, 1.82) is 0 Å². The topological polar surface area (TPSA) is 73.5 Å². The Morgan fingerprint density at radius 3 is 2.64 bits per heavy atom. The Labute approximate surface area is 149 Å². The molecule has 0 saturated heterocycles. The number of benzene rings is 1. The number of nitrogens with zero attached hydrogens (tertiary/aromatic N) is 6. The van der Waals surface area contributed by atoms with Gasteiger partial charge in [-0.15, -0.1) is 0 Å². The fourth-order valence-electron chi connectivity index (χ4n) is 2.73. The Hall–Kier alpha value is -2.93. The van der Waals surface area contributed by atoms with Crippen LogP contribution in [0.3, 0.4) is 0 Å². The number of rotatable bonds is 4. The van der Waals surface area contributed by atoms with Crippen molar-refractivity contribution in [3.05, 3.63) is 59.8 Å². The zero-order valence-electron chi connectivity index (χ0n) is 13.8. The van der Waals surface area contributed by atoms with Crippen LogP contribution in [0.2, 0.25) is 5.28 Å². The van der Waals surface area contributed by atoms with Crippen LogP contribution in [-0.2, 0) is 7.05 Å². The molecule has 0 bridgehead atoms. The molecule has 0 aliphatic carbocycles. The lowest BCUT2D eigenvalue weighted by Gasteiger charge is -2.16. The van der Waals surface area contributed by atoms with Gasteiger partial charge >= 0.3 is 0 Å². The largest absolute Gasteiger partial charge is 0.363 e. The van der Waals surface area contributed by atoms with E-state index in [1.54, 1.807) is 17.1 Å². The van der Waals surface area contributed by atoms with E-state index in [0.717, 1.165) is 16.6 Å². The molecular formula is C17H16ClN7. The number of nitrogens with one attached hydrogen (secondary N) is 1. The molecule has 0 aliphatic rings. The fraction of sp³-hybridized carbons (Fsp3) is 0.176. The van der Waals surface area contributed by atoms with Crippen LogP contribution < -0.4 is 5.32 Å². The predicted molar refractivity (Wildman–Crippen MR) is 96.9 cm³/mol. The van der Waals surface area contributed by atoms with Gasteiger partial charge in [0, 0.05) is 25.5 Å². The van der Waals surface area contributed by atoms with Crippen molar-refractivity contribution in [3.8, 4) is 5.69 Å². The highest BCUT2D eigenvalue weighted by atomic mass is 35.5. The summed E-state index contributed by atoms with van der Waals surface area (Å²) >= 11 is 6.05. The molecule has 3 aromatic heterocycles. The molecule has 0 saturated carbocycles. The molecule has 1 aromatic carbocycles. The zero-order chi connectivity index (χ0) is 17.4.